The molecule has 0 saturated heterocycles. The summed E-state index contributed by atoms with van der Waals surface area (Å²) in [6.45, 7) is 0. The van der Waals surface area contributed by atoms with Crippen molar-refractivity contribution in [1.82, 2.24) is 0 Å². The Labute approximate surface area is 175 Å². The number of unbranched alkanes of at least 4 members (excludes halogenated alkanes) is 1. The Balaban J connectivity index is 1.28. The molecule has 154 valence electrons. The maximum Gasteiger partial charge on any atom is 0.196 e. The van der Waals surface area contributed by atoms with E-state index in [4.69, 9.17) is 10.5 Å². The molecule has 3 rings (SSSR count). The van der Waals surface area contributed by atoms with E-state index in [-0.39, 0.29) is 5.92 Å². The summed E-state index contributed by atoms with van der Waals surface area (Å²) in [5.41, 5.74) is 2.16. The van der Waals surface area contributed by atoms with Crippen LogP contribution < -0.4 is 0 Å². The molecule has 0 N–H and O–H groups in total. The quantitative estimate of drug-likeness (QED) is 0.355. The van der Waals surface area contributed by atoms with Crippen LogP contribution in [-0.4, -0.2) is 0 Å². The highest BCUT2D eigenvalue weighted by Crippen LogP contribution is 2.38. The molecule has 29 heavy (non-hydrogen) atoms. The molecule has 0 atom stereocenters. The predicted octanol–water partition coefficient (Wildman–Crippen LogP) is 7.58. The van der Waals surface area contributed by atoms with Crippen molar-refractivity contribution in [3.05, 3.63) is 47.3 Å². The molecule has 2 nitrogen and oxygen atoms in total. The zero-order valence-corrected chi connectivity index (χ0v) is 17.5. The van der Waals surface area contributed by atoms with E-state index in [0.717, 1.165) is 30.2 Å². The fraction of sp³-hybridized carbons (Fsp3) is 0.615. The van der Waals surface area contributed by atoms with Crippen molar-refractivity contribution in [2.75, 3.05) is 0 Å². The maximum atomic E-state index is 13.1. The van der Waals surface area contributed by atoms with Crippen LogP contribution in [0.1, 0.15) is 94.1 Å². The van der Waals surface area contributed by atoms with E-state index in [1.54, 1.807) is 6.07 Å². The molecule has 0 heterocycles. The second-order valence-corrected chi connectivity index (χ2v) is 9.14. The van der Waals surface area contributed by atoms with Crippen LogP contribution in [0.25, 0.3) is 0 Å². The second-order valence-electron chi connectivity index (χ2n) is 9.14. The van der Waals surface area contributed by atoms with Gasteiger partial charge in [-0.15, -0.1) is 0 Å². The van der Waals surface area contributed by atoms with Crippen molar-refractivity contribution >= 4 is 0 Å². The minimum absolute atomic E-state index is 0.275. The Hall–Kier alpha value is -2.13. The lowest BCUT2D eigenvalue weighted by atomic mass is 9.76. The van der Waals surface area contributed by atoms with E-state index >= 15 is 0 Å². The highest BCUT2D eigenvalue weighted by molar-refractivity contribution is 5.33. The van der Waals surface area contributed by atoms with Gasteiger partial charge in [-0.25, -0.2) is 0 Å². The van der Waals surface area contributed by atoms with Gasteiger partial charge in [-0.3, -0.25) is 0 Å². The van der Waals surface area contributed by atoms with Gasteiger partial charge in [-0.05, 0) is 98.8 Å². The van der Waals surface area contributed by atoms with Gasteiger partial charge in [0.05, 0.1) is 11.6 Å². The van der Waals surface area contributed by atoms with Crippen LogP contribution in [0.15, 0.2) is 36.2 Å². The third-order valence-electron chi connectivity index (χ3n) is 7.21. The molecule has 0 bridgehead atoms. The Morgan fingerprint density at radius 1 is 0.862 bits per heavy atom. The first kappa shape index (κ1) is 21.6. The average Bonchev–Trinajstić information content (AvgIpc) is 2.78. The molecule has 2 aliphatic carbocycles. The van der Waals surface area contributed by atoms with Crippen LogP contribution in [0, 0.1) is 40.4 Å². The first-order chi connectivity index (χ1) is 14.2. The monoisotopic (exact) mass is 392 g/mol. The van der Waals surface area contributed by atoms with Crippen molar-refractivity contribution in [3.8, 4) is 12.1 Å². The highest BCUT2D eigenvalue weighted by atomic mass is 19.1. The van der Waals surface area contributed by atoms with Crippen LogP contribution in [0.2, 0.25) is 0 Å². The lowest BCUT2D eigenvalue weighted by molar-refractivity contribution is 0.272. The third kappa shape index (κ3) is 6.71. The van der Waals surface area contributed by atoms with Crippen molar-refractivity contribution < 1.29 is 4.39 Å². The average molecular weight is 393 g/mol. The number of hydrogen-bond acceptors (Lipinski definition) is 2. The molecule has 3 heteroatoms. The molecular weight excluding hydrogens is 359 g/mol. The smallest absolute Gasteiger partial charge is 0.195 e. The molecule has 0 aromatic heterocycles. The van der Waals surface area contributed by atoms with Crippen LogP contribution in [0.3, 0.4) is 0 Å². The highest BCUT2D eigenvalue weighted by Gasteiger charge is 2.23. The molecule has 2 saturated carbocycles. The van der Waals surface area contributed by atoms with Gasteiger partial charge in [-0.2, -0.15) is 14.9 Å². The van der Waals surface area contributed by atoms with Crippen LogP contribution in [0.5, 0.6) is 0 Å². The second kappa shape index (κ2) is 11.2. The molecule has 0 spiro atoms. The lowest BCUT2D eigenvalue weighted by Gasteiger charge is -2.29. The predicted molar refractivity (Wildman–Crippen MR) is 115 cm³/mol. The number of hydrogen-bond donors (Lipinski definition) is 0. The van der Waals surface area contributed by atoms with Gasteiger partial charge < -0.3 is 0 Å². The van der Waals surface area contributed by atoms with E-state index < -0.39 is 5.83 Å². The number of allylic oxidation sites excluding steroid dienone is 2. The van der Waals surface area contributed by atoms with Gasteiger partial charge >= 0.3 is 0 Å². The Morgan fingerprint density at radius 2 is 1.41 bits per heavy atom. The largest absolute Gasteiger partial charge is 0.196 e. The van der Waals surface area contributed by atoms with Crippen LogP contribution in [0.4, 0.5) is 4.39 Å². The summed E-state index contributed by atoms with van der Waals surface area (Å²) in [5, 5.41) is 17.5. The minimum Gasteiger partial charge on any atom is -0.195 e. The van der Waals surface area contributed by atoms with Crippen LogP contribution >= 0.6 is 0 Å². The number of halogens is 1. The molecule has 0 radical (unpaired) electrons. The zero-order valence-electron chi connectivity index (χ0n) is 17.5. The summed E-state index contributed by atoms with van der Waals surface area (Å²) in [4.78, 5) is 0. The van der Waals surface area contributed by atoms with Crippen molar-refractivity contribution in [2.45, 2.75) is 83.0 Å². The van der Waals surface area contributed by atoms with Gasteiger partial charge in [0, 0.05) is 0 Å². The lowest BCUT2D eigenvalue weighted by Crippen LogP contribution is -2.14. The maximum absolute atomic E-state index is 13.1. The standard InChI is InChI=1S/C26H33FN2/c27-26(19-29)17-22-7-5-20(6-8-22)3-1-2-4-21-9-13-24(14-10-21)25-15-11-23(18-28)12-16-25/h11-12,15-17,20-22,24H,1-10,13-14H2. The molecule has 1 aromatic carbocycles. The number of nitriles is 2. The van der Waals surface area contributed by atoms with E-state index in [0.29, 0.717) is 5.92 Å². The molecule has 0 aliphatic heterocycles. The fourth-order valence-corrected chi connectivity index (χ4v) is 5.37. The van der Waals surface area contributed by atoms with Gasteiger partial charge in [0.25, 0.3) is 0 Å². The van der Waals surface area contributed by atoms with E-state index in [9.17, 15) is 4.39 Å². The topological polar surface area (TPSA) is 47.6 Å². The van der Waals surface area contributed by atoms with Crippen molar-refractivity contribution in [2.24, 2.45) is 17.8 Å². The molecular formula is C26H33FN2. The summed E-state index contributed by atoms with van der Waals surface area (Å²) >= 11 is 0. The fourth-order valence-electron chi connectivity index (χ4n) is 5.37. The molecule has 2 aliphatic rings. The zero-order chi connectivity index (χ0) is 20.5. The van der Waals surface area contributed by atoms with Gasteiger partial charge in [0.2, 0.25) is 0 Å². The Bertz CT molecular complexity index is 736. The summed E-state index contributed by atoms with van der Waals surface area (Å²) in [7, 11) is 0. The van der Waals surface area contributed by atoms with Gasteiger partial charge in [0.1, 0.15) is 6.07 Å². The molecule has 0 unspecified atom stereocenters. The number of nitrogens with zero attached hydrogens (tertiary/aromatic N) is 2. The number of rotatable bonds is 7. The molecule has 0 amide bonds. The first-order valence-electron chi connectivity index (χ1n) is 11.5. The molecule has 1 aromatic rings. The van der Waals surface area contributed by atoms with E-state index in [1.807, 2.05) is 12.1 Å². The summed E-state index contributed by atoms with van der Waals surface area (Å²) < 4.78 is 13.1. The van der Waals surface area contributed by atoms with Crippen molar-refractivity contribution in [3.63, 3.8) is 0 Å². The van der Waals surface area contributed by atoms with E-state index in [2.05, 4.69) is 18.2 Å². The van der Waals surface area contributed by atoms with Crippen LogP contribution in [-0.2, 0) is 0 Å². The van der Waals surface area contributed by atoms with E-state index in [1.165, 1.54) is 75.8 Å². The normalized spacial score (nSPS) is 27.8. The first-order valence-corrected chi connectivity index (χ1v) is 11.5. The summed E-state index contributed by atoms with van der Waals surface area (Å²) in [5.74, 6) is 2.03. The third-order valence-corrected chi connectivity index (χ3v) is 7.21. The Morgan fingerprint density at radius 3 is 1.93 bits per heavy atom. The van der Waals surface area contributed by atoms with Gasteiger partial charge in [0.15, 0.2) is 5.83 Å². The number of benzene rings is 1. The van der Waals surface area contributed by atoms with Crippen molar-refractivity contribution in [1.29, 1.82) is 10.5 Å². The molecule has 2 fully saturated rings. The minimum atomic E-state index is -0.609. The van der Waals surface area contributed by atoms with Gasteiger partial charge in [-0.1, -0.05) is 37.8 Å². The Kier molecular flexibility index (Phi) is 8.30. The summed E-state index contributed by atoms with van der Waals surface area (Å²) in [6.07, 6.45) is 16.6. The SMILES string of the molecule is N#CC(F)=CC1CCC(CCCCC2CCC(c3ccc(C#N)cc3)CC2)CC1. The summed E-state index contributed by atoms with van der Waals surface area (Å²) in [6, 6.07) is 12.0.